The van der Waals surface area contributed by atoms with Gasteiger partial charge in [-0.2, -0.15) is 0 Å². The molecule has 1 aromatic heterocycles. The van der Waals surface area contributed by atoms with Crippen LogP contribution >= 0.6 is 23.2 Å². The first-order valence-corrected chi connectivity index (χ1v) is 6.40. The minimum atomic E-state index is -1.06. The summed E-state index contributed by atoms with van der Waals surface area (Å²) in [6.45, 7) is 1.24. The van der Waals surface area contributed by atoms with E-state index in [2.05, 4.69) is 4.98 Å². The summed E-state index contributed by atoms with van der Waals surface area (Å²) in [7, 11) is 0. The second kappa shape index (κ2) is 7.91. The number of carbonyl (C=O) groups is 2. The third kappa shape index (κ3) is 5.97. The van der Waals surface area contributed by atoms with Gasteiger partial charge in [0, 0.05) is 0 Å². The molecule has 0 spiro atoms. The Morgan fingerprint density at radius 2 is 1.94 bits per heavy atom. The molecular formula is C9H8Cl2FN2NaO3. The van der Waals surface area contributed by atoms with Gasteiger partial charge in [0.2, 0.25) is 0 Å². The fourth-order valence-electron chi connectivity index (χ4n) is 0.861. The number of Topliss-reactive ketones (excluding diaryl/α,β-unsaturated/α-hetero) is 1. The van der Waals surface area contributed by atoms with Crippen LogP contribution in [0.1, 0.15) is 13.3 Å². The van der Waals surface area contributed by atoms with Crippen LogP contribution in [0.4, 0.5) is 10.1 Å². The summed E-state index contributed by atoms with van der Waals surface area (Å²) in [4.78, 5) is 22.9. The maximum absolute atomic E-state index is 12.7. The molecule has 9 heteroatoms. The van der Waals surface area contributed by atoms with Crippen molar-refractivity contribution in [3.63, 3.8) is 0 Å². The third-order valence-corrected chi connectivity index (χ3v) is 3.51. The van der Waals surface area contributed by atoms with Crippen molar-refractivity contribution in [1.29, 1.82) is 0 Å². The van der Waals surface area contributed by atoms with Gasteiger partial charge >= 0.3 is 96.8 Å². The molecule has 94 valence electrons. The van der Waals surface area contributed by atoms with Gasteiger partial charge in [0.05, 0.1) is 0 Å². The summed E-state index contributed by atoms with van der Waals surface area (Å²) in [5.74, 6) is -2.13. The van der Waals surface area contributed by atoms with E-state index >= 15 is 0 Å². The fraction of sp³-hybridized carbons (Fsp3) is 0.222. The van der Waals surface area contributed by atoms with Gasteiger partial charge in [-0.05, 0) is 6.92 Å². The number of carboxylic acids is 1. The van der Waals surface area contributed by atoms with Crippen LogP contribution in [-0.2, 0) is 9.59 Å². The van der Waals surface area contributed by atoms with Crippen LogP contribution in [0.3, 0.4) is 0 Å². The first-order chi connectivity index (χ1) is 8.16. The standard InChI is InChI=1S/C5H2Cl2FN2.C4H6O3.Na/c6-2-1-10-5(8)3(7)4(2)9;1-3(5)2-4(6)7;/h(H2,9,10);2H2,1H3,(H,6,7);. The Labute approximate surface area is 130 Å². The molecule has 0 amide bonds. The number of aliphatic carboxylic acids is 1. The Bertz CT molecular complexity index is 447. The monoisotopic (exact) mass is 304 g/mol. The number of rotatable bonds is 2. The average Bonchev–Trinajstić information content (AvgIpc) is 2.22. The van der Waals surface area contributed by atoms with Crippen molar-refractivity contribution >= 4 is 71.5 Å². The van der Waals surface area contributed by atoms with E-state index in [9.17, 15) is 14.0 Å². The van der Waals surface area contributed by atoms with E-state index in [1.54, 1.807) is 0 Å². The molecule has 0 radical (unpaired) electrons. The Morgan fingerprint density at radius 1 is 1.44 bits per heavy atom. The van der Waals surface area contributed by atoms with Crippen LogP contribution in [0.25, 0.3) is 0 Å². The Hall–Kier alpha value is -0.400. The SMILES string of the molecule is CC(=O)CC(=O)O.Nc1c(Cl)c(F)n[c]([Na])c1Cl. The number of nitrogens with zero attached hydrogens (tertiary/aromatic N) is 1. The van der Waals surface area contributed by atoms with Crippen molar-refractivity contribution in [3.8, 4) is 0 Å². The predicted molar refractivity (Wildman–Crippen MR) is 66.9 cm³/mol. The summed E-state index contributed by atoms with van der Waals surface area (Å²) < 4.78 is 13.1. The first kappa shape index (κ1) is 17.6. The predicted octanol–water partition coefficient (Wildman–Crippen LogP) is 0.954. The van der Waals surface area contributed by atoms with Crippen molar-refractivity contribution < 1.29 is 19.1 Å². The zero-order valence-electron chi connectivity index (χ0n) is 9.63. The quantitative estimate of drug-likeness (QED) is 0.482. The number of nitrogen functional groups attached to an aromatic ring is 1. The van der Waals surface area contributed by atoms with Crippen molar-refractivity contribution in [1.82, 2.24) is 4.98 Å². The Kier molecular flexibility index (Phi) is 7.73. The van der Waals surface area contributed by atoms with Crippen molar-refractivity contribution in [2.45, 2.75) is 13.3 Å². The van der Waals surface area contributed by atoms with E-state index < -0.39 is 11.9 Å². The summed E-state index contributed by atoms with van der Waals surface area (Å²) in [5, 5.41) is 7.93. The van der Waals surface area contributed by atoms with Crippen LogP contribution in [0.2, 0.25) is 10.0 Å². The average molecular weight is 305 g/mol. The van der Waals surface area contributed by atoms with Crippen LogP contribution in [-0.4, -0.2) is 49.8 Å². The van der Waals surface area contributed by atoms with Gasteiger partial charge in [0.15, 0.2) is 0 Å². The van der Waals surface area contributed by atoms with Gasteiger partial charge in [0.1, 0.15) is 12.2 Å². The van der Waals surface area contributed by atoms with Crippen LogP contribution in [0, 0.1) is 5.95 Å². The van der Waals surface area contributed by atoms with Gasteiger partial charge in [-0.1, -0.05) is 0 Å². The molecule has 0 aromatic carbocycles. The first-order valence-electron chi connectivity index (χ1n) is 4.64. The molecule has 0 saturated heterocycles. The number of hydrogen-bond donors (Lipinski definition) is 2. The fourth-order valence-corrected chi connectivity index (χ4v) is 1.65. The number of pyridine rings is 1. The Balaban J connectivity index is 0.000000360. The van der Waals surface area contributed by atoms with E-state index in [0.29, 0.717) is 30.9 Å². The van der Waals surface area contributed by atoms with Gasteiger partial charge in [-0.25, -0.2) is 0 Å². The van der Waals surface area contributed by atoms with Gasteiger partial charge < -0.3 is 5.11 Å². The number of halogens is 3. The molecular weight excluding hydrogens is 297 g/mol. The molecule has 0 atom stereocenters. The second-order valence-electron chi connectivity index (χ2n) is 3.30. The molecule has 0 saturated carbocycles. The minimum absolute atomic E-state index is 0.0748. The molecule has 0 fully saturated rings. The van der Waals surface area contributed by atoms with Crippen molar-refractivity contribution in [2.75, 3.05) is 5.73 Å². The van der Waals surface area contributed by atoms with Crippen molar-refractivity contribution in [3.05, 3.63) is 16.0 Å². The van der Waals surface area contributed by atoms with Crippen LogP contribution < -0.4 is 8.68 Å². The molecule has 0 aliphatic heterocycles. The summed E-state index contributed by atoms with van der Waals surface area (Å²) in [6, 6.07) is 0. The van der Waals surface area contributed by atoms with E-state index in [1.807, 2.05) is 0 Å². The van der Waals surface area contributed by atoms with Gasteiger partial charge in [-0.15, -0.1) is 0 Å². The zero-order chi connectivity index (χ0) is 14.5. The number of carboxylic acid groups (broad SMARTS) is 1. The normalized spacial score (nSPS) is 9.44. The summed E-state index contributed by atoms with van der Waals surface area (Å²) in [5.41, 5.74) is 5.44. The van der Waals surface area contributed by atoms with Gasteiger partial charge in [-0.3, -0.25) is 9.59 Å². The molecule has 1 aromatic rings. The molecule has 0 unspecified atom stereocenters. The molecule has 1 heterocycles. The molecule has 0 aliphatic rings. The number of aromatic nitrogens is 1. The van der Waals surface area contributed by atoms with E-state index in [0.717, 1.165) is 0 Å². The molecule has 0 aliphatic carbocycles. The number of hydrogen-bond acceptors (Lipinski definition) is 4. The molecule has 5 nitrogen and oxygen atoms in total. The molecule has 18 heavy (non-hydrogen) atoms. The molecule has 0 bridgehead atoms. The maximum atomic E-state index is 12.7. The van der Waals surface area contributed by atoms with Crippen LogP contribution in [0.5, 0.6) is 0 Å². The Morgan fingerprint density at radius 3 is 2.28 bits per heavy atom. The molecule has 3 N–H and O–H groups in total. The molecule has 1 rings (SSSR count). The topological polar surface area (TPSA) is 93.3 Å². The number of carbonyl (C=O) groups excluding carboxylic acids is 1. The van der Waals surface area contributed by atoms with Crippen LogP contribution in [0.15, 0.2) is 0 Å². The number of anilines is 1. The summed E-state index contributed by atoms with van der Waals surface area (Å²) in [6.07, 6.45) is -0.361. The summed E-state index contributed by atoms with van der Waals surface area (Å²) >= 11 is 11.6. The van der Waals surface area contributed by atoms with E-state index in [1.165, 1.54) is 6.92 Å². The van der Waals surface area contributed by atoms with Gasteiger partial charge in [0.25, 0.3) is 0 Å². The number of ketones is 1. The number of nitrogens with two attached hydrogens (primary N) is 1. The third-order valence-electron chi connectivity index (χ3n) is 1.64. The zero-order valence-corrected chi connectivity index (χ0v) is 13.1. The second-order valence-corrected chi connectivity index (χ2v) is 5.01. The van der Waals surface area contributed by atoms with E-state index in [-0.39, 0.29) is 27.9 Å². The van der Waals surface area contributed by atoms with E-state index in [4.69, 9.17) is 34.0 Å². The van der Waals surface area contributed by atoms with Crippen molar-refractivity contribution in [2.24, 2.45) is 0 Å².